The molecule has 0 aromatic heterocycles. The van der Waals surface area contributed by atoms with Crippen molar-refractivity contribution in [1.29, 1.82) is 0 Å². The minimum absolute atomic E-state index is 0.0501. The summed E-state index contributed by atoms with van der Waals surface area (Å²) in [7, 11) is 0. The minimum atomic E-state index is -0.145. The van der Waals surface area contributed by atoms with Gasteiger partial charge in [-0.2, -0.15) is 0 Å². The highest BCUT2D eigenvalue weighted by atomic mass is 16.5. The van der Waals surface area contributed by atoms with Crippen molar-refractivity contribution in [2.24, 2.45) is 5.73 Å². The molecule has 0 unspecified atom stereocenters. The number of nitrogens with zero attached hydrogens (tertiary/aromatic N) is 1. The number of aryl methyl sites for hydroxylation is 1. The molecule has 0 bridgehead atoms. The van der Waals surface area contributed by atoms with E-state index in [0.29, 0.717) is 44.0 Å². The first kappa shape index (κ1) is 25.0. The molecule has 0 saturated heterocycles. The summed E-state index contributed by atoms with van der Waals surface area (Å²) in [6.45, 7) is 7.93. The van der Waals surface area contributed by atoms with E-state index in [1.54, 1.807) is 17.0 Å². The van der Waals surface area contributed by atoms with Gasteiger partial charge in [0.25, 0.3) is 5.91 Å². The molecule has 3 N–H and O–H groups in total. The van der Waals surface area contributed by atoms with Crippen LogP contribution >= 0.6 is 0 Å². The zero-order valence-electron chi connectivity index (χ0n) is 19.3. The van der Waals surface area contributed by atoms with E-state index in [9.17, 15) is 9.90 Å². The molecule has 32 heavy (non-hydrogen) atoms. The average molecular weight is 435 g/mol. The number of phenolic OH excluding ortho intramolecular Hbond substituents is 1. The molecule has 5 nitrogen and oxygen atoms in total. The predicted octanol–water partition coefficient (Wildman–Crippen LogP) is 5.30. The lowest BCUT2D eigenvalue weighted by molar-refractivity contribution is 0.0741. The number of phenols is 1. The minimum Gasteiger partial charge on any atom is -0.504 e. The molecule has 0 heterocycles. The summed E-state index contributed by atoms with van der Waals surface area (Å²) in [4.78, 5) is 14.9. The van der Waals surface area contributed by atoms with Gasteiger partial charge in [-0.1, -0.05) is 74.0 Å². The van der Waals surface area contributed by atoms with Crippen molar-refractivity contribution in [2.75, 3.05) is 13.1 Å². The number of ether oxygens (including phenoxy) is 1. The summed E-state index contributed by atoms with van der Waals surface area (Å²) in [6.07, 6.45) is 0.710. The number of aromatic hydroxyl groups is 1. The van der Waals surface area contributed by atoms with Crippen LogP contribution in [0.3, 0.4) is 0 Å². The van der Waals surface area contributed by atoms with Gasteiger partial charge >= 0.3 is 0 Å². The molecule has 0 saturated carbocycles. The van der Waals surface area contributed by atoms with Gasteiger partial charge in [-0.3, -0.25) is 4.79 Å². The van der Waals surface area contributed by atoms with Gasteiger partial charge in [0.05, 0.1) is 0 Å². The van der Waals surface area contributed by atoms with Gasteiger partial charge in [-0.15, -0.1) is 0 Å². The van der Waals surface area contributed by atoms with Crippen LogP contribution in [0.5, 0.6) is 11.5 Å². The maximum Gasteiger partial charge on any atom is 0.254 e. The molecule has 5 heteroatoms. The number of rotatable bonds is 9. The first-order valence-corrected chi connectivity index (χ1v) is 11.1. The van der Waals surface area contributed by atoms with Crippen LogP contribution in [0.15, 0.2) is 72.8 Å². The van der Waals surface area contributed by atoms with Crippen LogP contribution in [0.25, 0.3) is 0 Å². The second-order valence-electron chi connectivity index (χ2n) is 7.31. The molecule has 0 aliphatic heterocycles. The Morgan fingerprint density at radius 1 is 0.969 bits per heavy atom. The molecular formula is C27H34N2O3. The van der Waals surface area contributed by atoms with Gasteiger partial charge in [0.1, 0.15) is 6.61 Å². The fraction of sp³-hybridized carbons (Fsp3) is 0.296. The van der Waals surface area contributed by atoms with Crippen LogP contribution in [0, 0.1) is 6.92 Å². The topological polar surface area (TPSA) is 75.8 Å². The normalized spacial score (nSPS) is 10.1. The summed E-state index contributed by atoms with van der Waals surface area (Å²) in [6, 6.07) is 22.6. The number of amides is 1. The smallest absolute Gasteiger partial charge is 0.254 e. The van der Waals surface area contributed by atoms with Crippen LogP contribution in [-0.2, 0) is 13.2 Å². The third-order valence-corrected chi connectivity index (χ3v) is 4.86. The number of benzene rings is 3. The summed E-state index contributed by atoms with van der Waals surface area (Å²) in [5, 5.41) is 10.4. The Kier molecular flexibility index (Phi) is 10.3. The molecule has 0 aliphatic rings. The van der Waals surface area contributed by atoms with Crippen molar-refractivity contribution in [3.8, 4) is 11.5 Å². The zero-order chi connectivity index (χ0) is 23.3. The van der Waals surface area contributed by atoms with E-state index in [4.69, 9.17) is 10.5 Å². The first-order valence-electron chi connectivity index (χ1n) is 11.1. The van der Waals surface area contributed by atoms with E-state index in [-0.39, 0.29) is 11.7 Å². The number of carbonyl (C=O) groups is 1. The predicted molar refractivity (Wildman–Crippen MR) is 130 cm³/mol. The Labute approximate surface area is 191 Å². The van der Waals surface area contributed by atoms with Crippen molar-refractivity contribution in [2.45, 2.75) is 40.3 Å². The largest absolute Gasteiger partial charge is 0.504 e. The monoisotopic (exact) mass is 434 g/mol. The Morgan fingerprint density at radius 3 is 2.28 bits per heavy atom. The highest BCUT2D eigenvalue weighted by Gasteiger charge is 2.18. The van der Waals surface area contributed by atoms with Crippen molar-refractivity contribution in [3.63, 3.8) is 0 Å². The molecule has 3 aromatic carbocycles. The highest BCUT2D eigenvalue weighted by molar-refractivity contribution is 5.94. The molecule has 0 fully saturated rings. The lowest BCUT2D eigenvalue weighted by Gasteiger charge is -2.23. The molecule has 0 spiro atoms. The lowest BCUT2D eigenvalue weighted by Crippen LogP contribution is -2.32. The number of nitrogens with two attached hydrogens (primary N) is 1. The Morgan fingerprint density at radius 2 is 1.66 bits per heavy atom. The molecule has 3 rings (SSSR count). The van der Waals surface area contributed by atoms with E-state index < -0.39 is 0 Å². The molecule has 0 atom stereocenters. The van der Waals surface area contributed by atoms with Gasteiger partial charge in [0.2, 0.25) is 0 Å². The SMILES string of the molecule is CC.Cc1ccc(CN(CCCN)C(=O)c2ccc(OCc3ccccc3)c(O)c2)cc1. The van der Waals surface area contributed by atoms with Crippen LogP contribution in [0.1, 0.15) is 47.3 Å². The van der Waals surface area contributed by atoms with Gasteiger partial charge < -0.3 is 20.5 Å². The molecule has 1 amide bonds. The average Bonchev–Trinajstić information content (AvgIpc) is 2.83. The molecular weight excluding hydrogens is 400 g/mol. The third kappa shape index (κ3) is 7.43. The van der Waals surface area contributed by atoms with Crippen LogP contribution < -0.4 is 10.5 Å². The number of carbonyl (C=O) groups excluding carboxylic acids is 1. The van der Waals surface area contributed by atoms with Crippen LogP contribution in [0.2, 0.25) is 0 Å². The molecule has 0 aliphatic carbocycles. The molecule has 170 valence electrons. The number of hydrogen-bond acceptors (Lipinski definition) is 4. The summed E-state index contributed by atoms with van der Waals surface area (Å²) >= 11 is 0. The first-order chi connectivity index (χ1) is 15.6. The van der Waals surface area contributed by atoms with Gasteiger partial charge in [-0.05, 0) is 49.2 Å². The van der Waals surface area contributed by atoms with Gasteiger partial charge in [-0.25, -0.2) is 0 Å². The fourth-order valence-electron chi connectivity index (χ4n) is 3.14. The standard InChI is InChI=1S/C25H28N2O3.C2H6/c1-19-8-10-20(11-9-19)17-27(15-5-14-26)25(29)22-12-13-24(23(28)16-22)30-18-21-6-3-2-4-7-21;1-2/h2-4,6-13,16,28H,5,14-15,17-18,26H2,1H3;1-2H3. The fourth-order valence-corrected chi connectivity index (χ4v) is 3.14. The Balaban J connectivity index is 0.00000176. The maximum atomic E-state index is 13.1. The van der Waals surface area contributed by atoms with Crippen molar-refractivity contribution in [1.82, 2.24) is 4.90 Å². The van der Waals surface area contributed by atoms with Crippen molar-refractivity contribution < 1.29 is 14.6 Å². The maximum absolute atomic E-state index is 13.1. The molecule has 0 radical (unpaired) electrons. The summed E-state index contributed by atoms with van der Waals surface area (Å²) < 4.78 is 5.70. The van der Waals surface area contributed by atoms with Crippen molar-refractivity contribution >= 4 is 5.91 Å². The molecule has 3 aromatic rings. The van der Waals surface area contributed by atoms with E-state index in [0.717, 1.165) is 11.1 Å². The zero-order valence-corrected chi connectivity index (χ0v) is 19.3. The van der Waals surface area contributed by atoms with Crippen molar-refractivity contribution in [3.05, 3.63) is 95.1 Å². The van der Waals surface area contributed by atoms with E-state index in [1.165, 1.54) is 11.6 Å². The quantitative estimate of drug-likeness (QED) is 0.479. The Hall–Kier alpha value is -3.31. The van der Waals surface area contributed by atoms with E-state index in [2.05, 4.69) is 0 Å². The summed E-state index contributed by atoms with van der Waals surface area (Å²) in [5.74, 6) is 0.155. The lowest BCUT2D eigenvalue weighted by atomic mass is 10.1. The Bertz CT molecular complexity index is 956. The van der Waals surface area contributed by atoms with E-state index in [1.807, 2.05) is 75.4 Å². The third-order valence-electron chi connectivity index (χ3n) is 4.86. The highest BCUT2D eigenvalue weighted by Crippen LogP contribution is 2.28. The van der Waals surface area contributed by atoms with E-state index >= 15 is 0 Å². The number of hydrogen-bond donors (Lipinski definition) is 2. The van der Waals surface area contributed by atoms with Crippen LogP contribution in [-0.4, -0.2) is 29.0 Å². The van der Waals surface area contributed by atoms with Crippen LogP contribution in [0.4, 0.5) is 0 Å². The van der Waals surface area contributed by atoms with Gasteiger partial charge in [0, 0.05) is 18.7 Å². The second kappa shape index (κ2) is 13.2. The summed E-state index contributed by atoms with van der Waals surface area (Å²) in [5.41, 5.74) is 9.31. The second-order valence-corrected chi connectivity index (χ2v) is 7.31. The van der Waals surface area contributed by atoms with Gasteiger partial charge in [0.15, 0.2) is 11.5 Å².